The Hall–Kier alpha value is -1.26. The van der Waals surface area contributed by atoms with Crippen molar-refractivity contribution in [1.29, 1.82) is 0 Å². The molecule has 118 valence electrons. The van der Waals surface area contributed by atoms with Crippen molar-refractivity contribution in [1.82, 2.24) is 0 Å². The summed E-state index contributed by atoms with van der Waals surface area (Å²) in [5.41, 5.74) is 8.49. The highest BCUT2D eigenvalue weighted by atomic mass is 16.5. The fraction of sp³-hybridized carbons (Fsp3) is 0.647. The molecule has 1 aliphatic heterocycles. The van der Waals surface area contributed by atoms with E-state index in [1.54, 1.807) is 7.11 Å². The molecule has 1 fully saturated rings. The maximum Gasteiger partial charge on any atom is 0.142 e. The molecule has 0 amide bonds. The van der Waals surface area contributed by atoms with Gasteiger partial charge in [0, 0.05) is 32.8 Å². The molecule has 0 spiro atoms. The maximum absolute atomic E-state index is 6.00. The van der Waals surface area contributed by atoms with Crippen LogP contribution in [-0.4, -0.2) is 39.5 Å². The smallest absolute Gasteiger partial charge is 0.142 e. The fourth-order valence-electron chi connectivity index (χ4n) is 2.67. The molecule has 0 unspecified atom stereocenters. The van der Waals surface area contributed by atoms with Crippen molar-refractivity contribution in [3.63, 3.8) is 0 Å². The molecule has 0 aliphatic carbocycles. The number of benzene rings is 1. The average Bonchev–Trinajstić information content (AvgIpc) is 2.49. The predicted molar refractivity (Wildman–Crippen MR) is 87.2 cm³/mol. The summed E-state index contributed by atoms with van der Waals surface area (Å²) in [6, 6.07) is 6.78. The molecule has 4 nitrogen and oxygen atoms in total. The van der Waals surface area contributed by atoms with Crippen LogP contribution in [0.5, 0.6) is 5.75 Å². The number of nitrogens with zero attached hydrogens (tertiary/aromatic N) is 1. The lowest BCUT2D eigenvalue weighted by atomic mass is 10.0. The molecular formula is C17H28N2O2. The Kier molecular flexibility index (Phi) is 6.33. The van der Waals surface area contributed by atoms with Crippen LogP contribution in [0.25, 0.3) is 0 Å². The molecular weight excluding hydrogens is 264 g/mol. The number of anilines is 1. The van der Waals surface area contributed by atoms with Crippen molar-refractivity contribution in [2.45, 2.75) is 38.6 Å². The lowest BCUT2D eigenvalue weighted by Gasteiger charge is -2.33. The van der Waals surface area contributed by atoms with Crippen LogP contribution in [0, 0.1) is 6.92 Å². The van der Waals surface area contributed by atoms with Crippen molar-refractivity contribution in [2.75, 3.05) is 38.3 Å². The monoisotopic (exact) mass is 292 g/mol. The second kappa shape index (κ2) is 8.25. The summed E-state index contributed by atoms with van der Waals surface area (Å²) in [6.45, 7) is 5.71. The van der Waals surface area contributed by atoms with Gasteiger partial charge in [-0.3, -0.25) is 0 Å². The minimum Gasteiger partial charge on any atom is -0.491 e. The van der Waals surface area contributed by atoms with Crippen molar-refractivity contribution in [3.8, 4) is 5.75 Å². The summed E-state index contributed by atoms with van der Waals surface area (Å²) >= 11 is 0. The predicted octanol–water partition coefficient (Wildman–Crippen LogP) is 2.73. The first-order valence-corrected chi connectivity index (χ1v) is 7.93. The molecule has 2 N–H and O–H groups in total. The zero-order chi connectivity index (χ0) is 15.1. The minimum atomic E-state index is 0.351. The van der Waals surface area contributed by atoms with E-state index in [0.29, 0.717) is 6.04 Å². The fourth-order valence-corrected chi connectivity index (χ4v) is 2.67. The standard InChI is InChI=1S/C17H28N2O2/c1-14-5-6-17(21-12-4-3-11-20-2)16(13-14)19-9-7-15(18)8-10-19/h5-6,13,15H,3-4,7-12,18H2,1-2H3. The van der Waals surface area contributed by atoms with Crippen LogP contribution in [0.15, 0.2) is 18.2 Å². The van der Waals surface area contributed by atoms with Gasteiger partial charge in [0.2, 0.25) is 0 Å². The third kappa shape index (κ3) is 4.90. The molecule has 2 rings (SSSR count). The van der Waals surface area contributed by atoms with E-state index >= 15 is 0 Å². The van der Waals surface area contributed by atoms with E-state index in [1.807, 2.05) is 0 Å². The molecule has 0 atom stereocenters. The minimum absolute atomic E-state index is 0.351. The third-order valence-corrected chi connectivity index (χ3v) is 4.00. The highest BCUT2D eigenvalue weighted by Crippen LogP contribution is 2.31. The van der Waals surface area contributed by atoms with Crippen LogP contribution in [0.2, 0.25) is 0 Å². The molecule has 0 aromatic heterocycles. The normalized spacial score (nSPS) is 16.2. The van der Waals surface area contributed by atoms with Gasteiger partial charge in [0.1, 0.15) is 5.75 Å². The molecule has 4 heteroatoms. The summed E-state index contributed by atoms with van der Waals surface area (Å²) in [4.78, 5) is 2.40. The number of nitrogens with two attached hydrogens (primary N) is 1. The Morgan fingerprint density at radius 2 is 1.90 bits per heavy atom. The molecule has 21 heavy (non-hydrogen) atoms. The van der Waals surface area contributed by atoms with E-state index in [0.717, 1.165) is 57.7 Å². The van der Waals surface area contributed by atoms with Gasteiger partial charge in [-0.05, 0) is 50.3 Å². The molecule has 1 saturated heterocycles. The van der Waals surface area contributed by atoms with E-state index in [-0.39, 0.29) is 0 Å². The van der Waals surface area contributed by atoms with Gasteiger partial charge in [0.25, 0.3) is 0 Å². The van der Waals surface area contributed by atoms with Crippen molar-refractivity contribution in [2.24, 2.45) is 5.73 Å². The van der Waals surface area contributed by atoms with Gasteiger partial charge in [-0.2, -0.15) is 0 Å². The van der Waals surface area contributed by atoms with Gasteiger partial charge in [-0.1, -0.05) is 6.07 Å². The Morgan fingerprint density at radius 3 is 2.62 bits per heavy atom. The zero-order valence-electron chi connectivity index (χ0n) is 13.3. The van der Waals surface area contributed by atoms with E-state index in [2.05, 4.69) is 30.0 Å². The first-order valence-electron chi connectivity index (χ1n) is 7.93. The number of ether oxygens (including phenoxy) is 2. The lowest BCUT2D eigenvalue weighted by Crippen LogP contribution is -2.39. The molecule has 0 bridgehead atoms. The summed E-state index contributed by atoms with van der Waals surface area (Å²) in [5, 5.41) is 0. The van der Waals surface area contributed by atoms with E-state index in [4.69, 9.17) is 15.2 Å². The Morgan fingerprint density at radius 1 is 1.19 bits per heavy atom. The van der Waals surface area contributed by atoms with Crippen LogP contribution in [0.4, 0.5) is 5.69 Å². The maximum atomic E-state index is 6.00. The van der Waals surface area contributed by atoms with Crippen molar-refractivity contribution < 1.29 is 9.47 Å². The van der Waals surface area contributed by atoms with E-state index in [1.165, 1.54) is 11.3 Å². The van der Waals surface area contributed by atoms with E-state index < -0.39 is 0 Å². The van der Waals surface area contributed by atoms with Crippen LogP contribution < -0.4 is 15.4 Å². The molecule has 1 aliphatic rings. The zero-order valence-corrected chi connectivity index (χ0v) is 13.3. The highest BCUT2D eigenvalue weighted by Gasteiger charge is 2.19. The van der Waals surface area contributed by atoms with Crippen LogP contribution >= 0.6 is 0 Å². The third-order valence-electron chi connectivity index (χ3n) is 4.00. The Labute approximate surface area is 128 Å². The van der Waals surface area contributed by atoms with Gasteiger partial charge in [0.15, 0.2) is 0 Å². The van der Waals surface area contributed by atoms with Crippen LogP contribution in [-0.2, 0) is 4.74 Å². The van der Waals surface area contributed by atoms with Gasteiger partial charge in [-0.15, -0.1) is 0 Å². The molecule has 0 saturated carbocycles. The first-order chi connectivity index (χ1) is 10.2. The number of aryl methyl sites for hydroxylation is 1. The van der Waals surface area contributed by atoms with Crippen molar-refractivity contribution in [3.05, 3.63) is 23.8 Å². The molecule has 0 radical (unpaired) electrons. The number of piperidine rings is 1. The lowest BCUT2D eigenvalue weighted by molar-refractivity contribution is 0.184. The summed E-state index contributed by atoms with van der Waals surface area (Å²) in [7, 11) is 1.74. The number of hydrogen-bond donors (Lipinski definition) is 1. The SMILES string of the molecule is COCCCCOc1ccc(C)cc1N1CCC(N)CC1. The molecule has 1 heterocycles. The molecule has 1 aromatic rings. The second-order valence-corrected chi connectivity index (χ2v) is 5.84. The largest absolute Gasteiger partial charge is 0.491 e. The van der Waals surface area contributed by atoms with Crippen molar-refractivity contribution >= 4 is 5.69 Å². The Bertz CT molecular complexity index is 429. The summed E-state index contributed by atoms with van der Waals surface area (Å²) < 4.78 is 11.1. The Balaban J connectivity index is 1.96. The highest BCUT2D eigenvalue weighted by molar-refractivity contribution is 5.60. The summed E-state index contributed by atoms with van der Waals surface area (Å²) in [5.74, 6) is 0.994. The van der Waals surface area contributed by atoms with E-state index in [9.17, 15) is 0 Å². The number of rotatable bonds is 7. The average molecular weight is 292 g/mol. The van der Waals surface area contributed by atoms with Crippen LogP contribution in [0.3, 0.4) is 0 Å². The quantitative estimate of drug-likeness (QED) is 0.785. The van der Waals surface area contributed by atoms with Gasteiger partial charge >= 0.3 is 0 Å². The van der Waals surface area contributed by atoms with Crippen LogP contribution in [0.1, 0.15) is 31.2 Å². The number of hydrogen-bond acceptors (Lipinski definition) is 4. The summed E-state index contributed by atoms with van der Waals surface area (Å²) in [6.07, 6.45) is 4.17. The number of unbranched alkanes of at least 4 members (excludes halogenated alkanes) is 1. The van der Waals surface area contributed by atoms with Gasteiger partial charge < -0.3 is 20.1 Å². The first kappa shape index (κ1) is 16.1. The van der Waals surface area contributed by atoms with Gasteiger partial charge in [0.05, 0.1) is 12.3 Å². The number of methoxy groups -OCH3 is 1. The topological polar surface area (TPSA) is 47.7 Å². The van der Waals surface area contributed by atoms with Gasteiger partial charge in [-0.25, -0.2) is 0 Å². The second-order valence-electron chi connectivity index (χ2n) is 5.84. The molecule has 1 aromatic carbocycles.